The van der Waals surface area contributed by atoms with Crippen molar-refractivity contribution in [2.24, 2.45) is 0 Å². The zero-order chi connectivity index (χ0) is 17.2. The molecule has 1 aromatic carbocycles. The molecule has 0 aliphatic carbocycles. The standard InChI is InChI=1S/C16H20N2O5/c1-3-13(4-2)17-15(19)11-23-16(20)9-8-12-6-5-7-14(10-12)18(21)22/h5-10,13H,3-4,11H2,1-2H3,(H,17,19)/b9-8+. The van der Waals surface area contributed by atoms with Crippen LogP contribution in [0, 0.1) is 10.1 Å². The van der Waals surface area contributed by atoms with E-state index in [0.29, 0.717) is 5.56 Å². The fourth-order valence-electron chi connectivity index (χ4n) is 1.85. The molecule has 1 rings (SSSR count). The molecular weight excluding hydrogens is 300 g/mol. The third-order valence-electron chi connectivity index (χ3n) is 3.19. The van der Waals surface area contributed by atoms with Crippen LogP contribution in [0.2, 0.25) is 0 Å². The molecule has 0 bridgehead atoms. The second-order valence-corrected chi connectivity index (χ2v) is 4.87. The topological polar surface area (TPSA) is 98.5 Å². The summed E-state index contributed by atoms with van der Waals surface area (Å²) in [6.07, 6.45) is 4.14. The number of rotatable bonds is 8. The van der Waals surface area contributed by atoms with Crippen molar-refractivity contribution in [3.63, 3.8) is 0 Å². The minimum atomic E-state index is -0.684. The summed E-state index contributed by atoms with van der Waals surface area (Å²) in [5.41, 5.74) is 0.433. The highest BCUT2D eigenvalue weighted by Gasteiger charge is 2.10. The quantitative estimate of drug-likeness (QED) is 0.343. The average molecular weight is 320 g/mol. The van der Waals surface area contributed by atoms with Gasteiger partial charge in [0.25, 0.3) is 11.6 Å². The molecule has 1 aromatic rings. The van der Waals surface area contributed by atoms with Crippen LogP contribution in [0.1, 0.15) is 32.3 Å². The lowest BCUT2D eigenvalue weighted by Gasteiger charge is -2.14. The molecule has 0 saturated heterocycles. The van der Waals surface area contributed by atoms with Crippen LogP contribution in [0.3, 0.4) is 0 Å². The first kappa shape index (κ1) is 18.3. The summed E-state index contributed by atoms with van der Waals surface area (Å²) >= 11 is 0. The van der Waals surface area contributed by atoms with E-state index < -0.39 is 10.9 Å². The van der Waals surface area contributed by atoms with Gasteiger partial charge in [0.2, 0.25) is 0 Å². The molecule has 0 spiro atoms. The molecule has 7 nitrogen and oxygen atoms in total. The zero-order valence-electron chi connectivity index (χ0n) is 13.2. The van der Waals surface area contributed by atoms with Gasteiger partial charge in [-0.1, -0.05) is 26.0 Å². The van der Waals surface area contributed by atoms with Crippen LogP contribution in [-0.4, -0.2) is 29.4 Å². The largest absolute Gasteiger partial charge is 0.452 e. The van der Waals surface area contributed by atoms with Crippen LogP contribution < -0.4 is 5.32 Å². The van der Waals surface area contributed by atoms with Crippen LogP contribution in [0.4, 0.5) is 5.69 Å². The third-order valence-corrected chi connectivity index (χ3v) is 3.19. The number of nitrogens with one attached hydrogen (secondary N) is 1. The number of ether oxygens (including phenoxy) is 1. The van der Waals surface area contributed by atoms with E-state index in [9.17, 15) is 19.7 Å². The molecule has 0 aromatic heterocycles. The molecule has 23 heavy (non-hydrogen) atoms. The van der Waals surface area contributed by atoms with Crippen molar-refractivity contribution < 1.29 is 19.2 Å². The number of carbonyl (C=O) groups excluding carboxylic acids is 2. The van der Waals surface area contributed by atoms with Crippen molar-refractivity contribution in [1.29, 1.82) is 0 Å². The number of non-ortho nitro benzene ring substituents is 1. The molecule has 0 unspecified atom stereocenters. The van der Waals surface area contributed by atoms with Crippen LogP contribution >= 0.6 is 0 Å². The highest BCUT2D eigenvalue weighted by atomic mass is 16.6. The van der Waals surface area contributed by atoms with E-state index in [2.05, 4.69) is 5.32 Å². The number of esters is 1. The van der Waals surface area contributed by atoms with E-state index in [1.807, 2.05) is 13.8 Å². The summed E-state index contributed by atoms with van der Waals surface area (Å²) in [6.45, 7) is 3.57. The van der Waals surface area contributed by atoms with Gasteiger partial charge in [0.05, 0.1) is 4.92 Å². The minimum absolute atomic E-state index is 0.0648. The summed E-state index contributed by atoms with van der Waals surface area (Å²) < 4.78 is 4.82. The Morgan fingerprint density at radius 2 is 2.04 bits per heavy atom. The van der Waals surface area contributed by atoms with E-state index in [1.54, 1.807) is 6.07 Å². The molecule has 0 radical (unpaired) electrons. The molecule has 0 aliphatic rings. The molecule has 0 saturated carbocycles. The lowest BCUT2D eigenvalue weighted by Crippen LogP contribution is -2.36. The first-order chi connectivity index (χ1) is 11.0. The van der Waals surface area contributed by atoms with Gasteiger partial charge in [-0.3, -0.25) is 14.9 Å². The Morgan fingerprint density at radius 3 is 2.65 bits per heavy atom. The lowest BCUT2D eigenvalue weighted by molar-refractivity contribution is -0.384. The van der Waals surface area contributed by atoms with E-state index >= 15 is 0 Å². The maximum atomic E-state index is 11.6. The van der Waals surface area contributed by atoms with E-state index in [4.69, 9.17) is 4.74 Å². The number of hydrogen-bond acceptors (Lipinski definition) is 5. The first-order valence-electron chi connectivity index (χ1n) is 7.34. The Balaban J connectivity index is 2.49. The number of nitro groups is 1. The van der Waals surface area contributed by atoms with Gasteiger partial charge in [0.15, 0.2) is 6.61 Å². The predicted octanol–water partition coefficient (Wildman–Crippen LogP) is 2.46. The fourth-order valence-corrected chi connectivity index (χ4v) is 1.85. The third kappa shape index (κ3) is 6.73. The summed E-state index contributed by atoms with van der Waals surface area (Å²) in [4.78, 5) is 33.3. The van der Waals surface area contributed by atoms with Crippen molar-refractivity contribution in [2.75, 3.05) is 6.61 Å². The molecule has 0 heterocycles. The molecule has 124 valence electrons. The van der Waals surface area contributed by atoms with Gasteiger partial charge in [-0.2, -0.15) is 0 Å². The van der Waals surface area contributed by atoms with Gasteiger partial charge >= 0.3 is 5.97 Å². The van der Waals surface area contributed by atoms with Crippen LogP contribution in [0.5, 0.6) is 0 Å². The maximum absolute atomic E-state index is 11.6. The van der Waals surface area contributed by atoms with E-state index in [0.717, 1.165) is 18.9 Å². The van der Waals surface area contributed by atoms with Gasteiger partial charge in [-0.25, -0.2) is 4.79 Å². The Hall–Kier alpha value is -2.70. The van der Waals surface area contributed by atoms with Gasteiger partial charge in [0, 0.05) is 24.3 Å². The predicted molar refractivity (Wildman–Crippen MR) is 85.6 cm³/mol. The van der Waals surface area contributed by atoms with Crippen LogP contribution in [0.25, 0.3) is 6.08 Å². The summed E-state index contributed by atoms with van der Waals surface area (Å²) in [6, 6.07) is 5.91. The highest BCUT2D eigenvalue weighted by molar-refractivity contribution is 5.89. The Kier molecular flexibility index (Phi) is 7.45. The normalized spacial score (nSPS) is 10.7. The Bertz CT molecular complexity index is 594. The van der Waals surface area contributed by atoms with Crippen molar-refractivity contribution in [2.45, 2.75) is 32.7 Å². The van der Waals surface area contributed by atoms with Crippen LogP contribution in [0.15, 0.2) is 30.3 Å². The average Bonchev–Trinajstić information content (AvgIpc) is 2.56. The van der Waals surface area contributed by atoms with Crippen molar-refractivity contribution in [3.8, 4) is 0 Å². The summed E-state index contributed by atoms with van der Waals surface area (Å²) in [5, 5.41) is 13.4. The molecule has 0 atom stereocenters. The number of nitrogens with zero attached hydrogens (tertiary/aromatic N) is 1. The number of benzene rings is 1. The molecule has 0 aliphatic heterocycles. The molecular formula is C16H20N2O5. The summed E-state index contributed by atoms with van der Waals surface area (Å²) in [5.74, 6) is -1.04. The molecule has 1 amide bonds. The molecule has 7 heteroatoms. The highest BCUT2D eigenvalue weighted by Crippen LogP contribution is 2.14. The van der Waals surface area contributed by atoms with Gasteiger partial charge < -0.3 is 10.1 Å². The van der Waals surface area contributed by atoms with Crippen molar-refractivity contribution in [1.82, 2.24) is 5.32 Å². The van der Waals surface area contributed by atoms with Crippen LogP contribution in [-0.2, 0) is 14.3 Å². The van der Waals surface area contributed by atoms with E-state index in [1.165, 1.54) is 24.3 Å². The van der Waals surface area contributed by atoms with E-state index in [-0.39, 0.29) is 24.2 Å². The van der Waals surface area contributed by atoms with Crippen molar-refractivity contribution >= 4 is 23.6 Å². The second-order valence-electron chi connectivity index (χ2n) is 4.87. The van der Waals surface area contributed by atoms with Crippen molar-refractivity contribution in [3.05, 3.63) is 46.0 Å². The molecule has 1 N–H and O–H groups in total. The summed E-state index contributed by atoms with van der Waals surface area (Å²) in [7, 11) is 0. The monoisotopic (exact) mass is 320 g/mol. The SMILES string of the molecule is CCC(CC)NC(=O)COC(=O)/C=C/c1cccc([N+](=O)[O-])c1. The smallest absolute Gasteiger partial charge is 0.331 e. The number of carbonyl (C=O) groups is 2. The number of nitro benzene ring substituents is 1. The van der Waals surface area contributed by atoms with Gasteiger partial charge in [0.1, 0.15) is 0 Å². The van der Waals surface area contributed by atoms with Gasteiger partial charge in [-0.05, 0) is 24.5 Å². The van der Waals surface area contributed by atoms with Gasteiger partial charge in [-0.15, -0.1) is 0 Å². The number of amides is 1. The first-order valence-corrected chi connectivity index (χ1v) is 7.34. The lowest BCUT2D eigenvalue weighted by atomic mass is 10.2. The second kappa shape index (κ2) is 9.34. The Labute approximate surface area is 134 Å². The maximum Gasteiger partial charge on any atom is 0.331 e. The minimum Gasteiger partial charge on any atom is -0.452 e. The Morgan fingerprint density at radius 1 is 1.35 bits per heavy atom. The molecule has 0 fully saturated rings. The fraction of sp³-hybridized carbons (Fsp3) is 0.375. The zero-order valence-corrected chi connectivity index (χ0v) is 13.2. The number of hydrogen-bond donors (Lipinski definition) is 1.